The van der Waals surface area contributed by atoms with E-state index in [0.717, 1.165) is 3.57 Å². The van der Waals surface area contributed by atoms with Crippen LogP contribution in [0.4, 0.5) is 0 Å². The summed E-state index contributed by atoms with van der Waals surface area (Å²) in [5.41, 5.74) is 0.289. The molecule has 1 aromatic carbocycles. The maximum absolute atomic E-state index is 11.0. The number of methoxy groups -OCH3 is 1. The van der Waals surface area contributed by atoms with Crippen LogP contribution in [-0.4, -0.2) is 47.6 Å². The van der Waals surface area contributed by atoms with Gasteiger partial charge in [-0.05, 0) is 41.6 Å². The van der Waals surface area contributed by atoms with E-state index < -0.39 is 0 Å². The van der Waals surface area contributed by atoms with Gasteiger partial charge in [-0.25, -0.2) is 0 Å². The van der Waals surface area contributed by atoms with Gasteiger partial charge in [0.25, 0.3) is 0 Å². The molecular formula is C9H9INaO3. The Labute approximate surface area is 118 Å². The van der Waals surface area contributed by atoms with Crippen LogP contribution in [0.3, 0.4) is 0 Å². The number of phenols is 1. The third-order valence-electron chi connectivity index (χ3n) is 1.65. The topological polar surface area (TPSA) is 46.5 Å². The van der Waals surface area contributed by atoms with Crippen LogP contribution in [-0.2, 0) is 0 Å². The van der Waals surface area contributed by atoms with E-state index in [2.05, 4.69) is 0 Å². The molecule has 0 heterocycles. The Balaban J connectivity index is 0.00000169. The summed E-state index contributed by atoms with van der Waals surface area (Å²) in [7, 11) is 1.53. The van der Waals surface area contributed by atoms with Gasteiger partial charge in [0.2, 0.25) is 0 Å². The molecule has 0 unspecified atom stereocenters. The summed E-state index contributed by atoms with van der Waals surface area (Å²) in [6, 6.07) is 3.05. The van der Waals surface area contributed by atoms with Gasteiger partial charge < -0.3 is 9.84 Å². The number of rotatable bonds is 2. The van der Waals surface area contributed by atoms with Crippen LogP contribution in [0.25, 0.3) is 0 Å². The molecule has 0 saturated carbocycles. The molecule has 0 atom stereocenters. The van der Waals surface area contributed by atoms with E-state index in [9.17, 15) is 9.90 Å². The van der Waals surface area contributed by atoms with Crippen molar-refractivity contribution in [2.75, 3.05) is 7.11 Å². The van der Waals surface area contributed by atoms with Crippen LogP contribution in [0.5, 0.6) is 11.5 Å². The number of carbonyl (C=O) groups excluding carboxylic acids is 1. The zero-order chi connectivity index (χ0) is 10.0. The van der Waals surface area contributed by atoms with Gasteiger partial charge >= 0.3 is 0 Å². The summed E-state index contributed by atoms with van der Waals surface area (Å²) in [6.45, 7) is 1.40. The second-order valence-corrected chi connectivity index (χ2v) is 3.72. The van der Waals surface area contributed by atoms with Crippen molar-refractivity contribution >= 4 is 57.9 Å². The maximum Gasteiger partial charge on any atom is 0.163 e. The van der Waals surface area contributed by atoms with Crippen LogP contribution >= 0.6 is 22.6 Å². The molecule has 0 aliphatic rings. The molecule has 0 aliphatic heterocycles. The number of ketones is 1. The second kappa shape index (κ2) is 5.95. The minimum absolute atomic E-state index is 0. The zero-order valence-electron chi connectivity index (χ0n) is 8.30. The molecule has 1 N–H and O–H groups in total. The number of Topliss-reactive ketones (excluding diaryl/α,β-unsaturated/α-hetero) is 1. The van der Waals surface area contributed by atoms with Crippen molar-refractivity contribution in [1.29, 1.82) is 0 Å². The number of halogens is 1. The molecule has 3 nitrogen and oxygen atoms in total. The van der Waals surface area contributed by atoms with Crippen molar-refractivity contribution < 1.29 is 14.6 Å². The first-order valence-electron chi connectivity index (χ1n) is 3.63. The fourth-order valence-electron chi connectivity index (χ4n) is 0.981. The zero-order valence-corrected chi connectivity index (χ0v) is 12.5. The Morgan fingerprint density at radius 1 is 1.50 bits per heavy atom. The van der Waals surface area contributed by atoms with E-state index in [-0.39, 0.29) is 46.7 Å². The minimum Gasteiger partial charge on any atom is -0.507 e. The molecule has 0 aromatic heterocycles. The van der Waals surface area contributed by atoms with Gasteiger partial charge in [-0.3, -0.25) is 4.79 Å². The van der Waals surface area contributed by atoms with E-state index in [1.165, 1.54) is 20.1 Å². The molecule has 0 bridgehead atoms. The first-order valence-corrected chi connectivity index (χ1v) is 4.71. The summed E-state index contributed by atoms with van der Waals surface area (Å²) in [5.74, 6) is 0.425. The van der Waals surface area contributed by atoms with Crippen LogP contribution in [0.1, 0.15) is 17.3 Å². The molecule has 0 amide bonds. The van der Waals surface area contributed by atoms with E-state index in [4.69, 9.17) is 4.74 Å². The van der Waals surface area contributed by atoms with Crippen molar-refractivity contribution in [3.05, 3.63) is 21.3 Å². The van der Waals surface area contributed by atoms with Crippen LogP contribution in [0.15, 0.2) is 12.1 Å². The number of phenolic OH excluding ortho intramolecular Hbond substituents is 1. The number of hydrogen-bond acceptors (Lipinski definition) is 3. The molecule has 1 aromatic rings. The fourth-order valence-corrected chi connectivity index (χ4v) is 1.65. The molecule has 0 aliphatic carbocycles. The molecule has 14 heavy (non-hydrogen) atoms. The molecule has 0 spiro atoms. The Morgan fingerprint density at radius 3 is 2.50 bits per heavy atom. The molecular weight excluding hydrogens is 306 g/mol. The summed E-state index contributed by atoms with van der Waals surface area (Å²) in [6.07, 6.45) is 0. The van der Waals surface area contributed by atoms with Crippen LogP contribution in [0, 0.1) is 3.57 Å². The molecule has 0 fully saturated rings. The van der Waals surface area contributed by atoms with Crippen molar-refractivity contribution in [1.82, 2.24) is 0 Å². The predicted molar refractivity (Wildman–Crippen MR) is 63.1 cm³/mol. The SMILES string of the molecule is COc1cc(C(C)=O)c(O)cc1I.[Na]. The monoisotopic (exact) mass is 315 g/mol. The minimum atomic E-state index is -0.174. The third kappa shape index (κ3) is 3.12. The summed E-state index contributed by atoms with van der Waals surface area (Å²) in [5, 5.41) is 9.40. The van der Waals surface area contributed by atoms with Crippen LogP contribution in [0.2, 0.25) is 0 Å². The average molecular weight is 315 g/mol. The van der Waals surface area contributed by atoms with Gasteiger partial charge in [-0.1, -0.05) is 0 Å². The molecule has 1 radical (unpaired) electrons. The standard InChI is InChI=1S/C9H9IO3.Na/c1-5(11)6-3-9(13-2)7(10)4-8(6)12;/h3-4,12H,1-2H3;. The number of hydrogen-bond donors (Lipinski definition) is 1. The van der Waals surface area contributed by atoms with E-state index >= 15 is 0 Å². The Hall–Kier alpha value is 0.220. The van der Waals surface area contributed by atoms with E-state index in [0.29, 0.717) is 5.75 Å². The van der Waals surface area contributed by atoms with Crippen molar-refractivity contribution in [3.8, 4) is 11.5 Å². The summed E-state index contributed by atoms with van der Waals surface area (Å²) < 4.78 is 5.80. The van der Waals surface area contributed by atoms with Gasteiger partial charge in [0.1, 0.15) is 11.5 Å². The fraction of sp³-hybridized carbons (Fsp3) is 0.222. The predicted octanol–water partition coefficient (Wildman–Crippen LogP) is 1.83. The Morgan fingerprint density at radius 2 is 2.07 bits per heavy atom. The molecule has 1 rings (SSSR count). The number of carbonyl (C=O) groups is 1. The summed E-state index contributed by atoms with van der Waals surface area (Å²) in [4.78, 5) is 11.0. The average Bonchev–Trinajstić information content (AvgIpc) is 2.03. The van der Waals surface area contributed by atoms with Gasteiger partial charge in [0.15, 0.2) is 5.78 Å². The maximum atomic E-state index is 11.0. The molecule has 71 valence electrons. The van der Waals surface area contributed by atoms with Gasteiger partial charge in [-0.2, -0.15) is 0 Å². The summed E-state index contributed by atoms with van der Waals surface area (Å²) >= 11 is 2.03. The van der Waals surface area contributed by atoms with E-state index in [1.54, 1.807) is 6.07 Å². The normalized spacial score (nSPS) is 9.07. The first-order chi connectivity index (χ1) is 6.06. The third-order valence-corrected chi connectivity index (χ3v) is 2.49. The largest absolute Gasteiger partial charge is 0.507 e. The van der Waals surface area contributed by atoms with Crippen molar-refractivity contribution in [3.63, 3.8) is 0 Å². The van der Waals surface area contributed by atoms with Crippen molar-refractivity contribution in [2.24, 2.45) is 0 Å². The number of aromatic hydroxyl groups is 1. The smallest absolute Gasteiger partial charge is 0.163 e. The Bertz CT molecular complexity index is 352. The molecule has 0 saturated heterocycles. The van der Waals surface area contributed by atoms with Gasteiger partial charge in [0, 0.05) is 29.6 Å². The first kappa shape index (κ1) is 14.2. The van der Waals surface area contributed by atoms with Crippen LogP contribution < -0.4 is 4.74 Å². The number of benzene rings is 1. The van der Waals surface area contributed by atoms with E-state index in [1.807, 2.05) is 22.6 Å². The molecule has 5 heteroatoms. The Kier molecular flexibility index (Phi) is 6.04. The van der Waals surface area contributed by atoms with Crippen molar-refractivity contribution in [2.45, 2.75) is 6.92 Å². The quantitative estimate of drug-likeness (QED) is 0.514. The van der Waals surface area contributed by atoms with Gasteiger partial charge in [-0.15, -0.1) is 0 Å². The number of ether oxygens (including phenoxy) is 1. The second-order valence-electron chi connectivity index (χ2n) is 2.56. The van der Waals surface area contributed by atoms with Gasteiger partial charge in [0.05, 0.1) is 16.2 Å².